The van der Waals surface area contributed by atoms with Gasteiger partial charge < -0.3 is 5.73 Å². The SMILES string of the molecule is NC(=O)[C](c1ccccc1)c1csnn1. The Labute approximate surface area is 90.9 Å². The van der Waals surface area contributed by atoms with Crippen LogP contribution in [0.15, 0.2) is 35.7 Å². The third-order valence-electron chi connectivity index (χ3n) is 1.93. The minimum absolute atomic E-state index is 0.407. The molecule has 0 aliphatic carbocycles. The van der Waals surface area contributed by atoms with Gasteiger partial charge in [-0.1, -0.05) is 34.8 Å². The zero-order chi connectivity index (χ0) is 10.7. The molecule has 4 nitrogen and oxygen atoms in total. The third kappa shape index (κ3) is 2.02. The van der Waals surface area contributed by atoms with Crippen molar-refractivity contribution in [2.45, 2.75) is 0 Å². The van der Waals surface area contributed by atoms with Gasteiger partial charge in [0, 0.05) is 5.38 Å². The summed E-state index contributed by atoms with van der Waals surface area (Å²) in [5, 5.41) is 5.55. The van der Waals surface area contributed by atoms with Crippen molar-refractivity contribution in [3.8, 4) is 0 Å². The summed E-state index contributed by atoms with van der Waals surface area (Å²) in [6, 6.07) is 9.20. The Hall–Kier alpha value is -1.75. The second-order valence-electron chi connectivity index (χ2n) is 2.90. The first-order valence-corrected chi connectivity index (χ1v) is 5.12. The van der Waals surface area contributed by atoms with Gasteiger partial charge in [0.2, 0.25) is 5.91 Å². The summed E-state index contributed by atoms with van der Waals surface area (Å²) in [7, 11) is 0. The Morgan fingerprint density at radius 2 is 2.00 bits per heavy atom. The van der Waals surface area contributed by atoms with E-state index in [0.29, 0.717) is 11.6 Å². The van der Waals surface area contributed by atoms with E-state index in [1.165, 1.54) is 11.5 Å². The lowest BCUT2D eigenvalue weighted by Crippen LogP contribution is -2.23. The minimum atomic E-state index is -0.492. The van der Waals surface area contributed by atoms with Crippen LogP contribution in [0, 0.1) is 5.92 Å². The molecule has 75 valence electrons. The first kappa shape index (κ1) is 9.79. The molecule has 0 spiro atoms. The fourth-order valence-corrected chi connectivity index (χ4v) is 1.74. The Morgan fingerprint density at radius 3 is 2.53 bits per heavy atom. The van der Waals surface area contributed by atoms with E-state index < -0.39 is 5.91 Å². The van der Waals surface area contributed by atoms with Crippen LogP contribution in [0.1, 0.15) is 11.3 Å². The predicted octanol–water partition coefficient (Wildman–Crippen LogP) is 0.994. The maximum atomic E-state index is 11.3. The number of carbonyl (C=O) groups excluding carboxylic acids is 1. The number of rotatable bonds is 3. The van der Waals surface area contributed by atoms with Crippen molar-refractivity contribution in [1.29, 1.82) is 0 Å². The number of primary amides is 1. The lowest BCUT2D eigenvalue weighted by Gasteiger charge is -2.08. The molecule has 0 aliphatic rings. The third-order valence-corrected chi connectivity index (χ3v) is 2.43. The van der Waals surface area contributed by atoms with E-state index in [2.05, 4.69) is 9.59 Å². The molecule has 1 radical (unpaired) electrons. The first-order valence-electron chi connectivity index (χ1n) is 4.28. The number of hydrogen-bond donors (Lipinski definition) is 1. The van der Waals surface area contributed by atoms with Gasteiger partial charge in [-0.15, -0.1) is 5.10 Å². The Kier molecular flexibility index (Phi) is 2.73. The second kappa shape index (κ2) is 4.18. The molecule has 0 fully saturated rings. The zero-order valence-electron chi connectivity index (χ0n) is 7.75. The predicted molar refractivity (Wildman–Crippen MR) is 57.0 cm³/mol. The lowest BCUT2D eigenvalue weighted by molar-refractivity contribution is -0.115. The number of carbonyl (C=O) groups is 1. The van der Waals surface area contributed by atoms with Crippen molar-refractivity contribution in [2.75, 3.05) is 0 Å². The average molecular weight is 218 g/mol. The van der Waals surface area contributed by atoms with Crippen LogP contribution >= 0.6 is 11.5 Å². The fraction of sp³-hybridized carbons (Fsp3) is 0. The molecule has 2 rings (SSSR count). The van der Waals surface area contributed by atoms with Crippen molar-refractivity contribution in [3.63, 3.8) is 0 Å². The van der Waals surface area contributed by atoms with Crippen LogP contribution in [0.2, 0.25) is 0 Å². The topological polar surface area (TPSA) is 68.9 Å². The molecule has 0 unspecified atom stereocenters. The van der Waals surface area contributed by atoms with Crippen molar-refractivity contribution in [3.05, 3.63) is 52.9 Å². The molecule has 2 aromatic rings. The van der Waals surface area contributed by atoms with Crippen LogP contribution in [-0.4, -0.2) is 15.5 Å². The average Bonchev–Trinajstić information content (AvgIpc) is 2.72. The summed E-state index contributed by atoms with van der Waals surface area (Å²) in [5.41, 5.74) is 6.61. The quantitative estimate of drug-likeness (QED) is 0.835. The summed E-state index contributed by atoms with van der Waals surface area (Å²) >= 11 is 1.19. The molecule has 1 aromatic carbocycles. The monoisotopic (exact) mass is 218 g/mol. The molecule has 0 saturated carbocycles. The number of aromatic nitrogens is 2. The van der Waals surface area contributed by atoms with Gasteiger partial charge in [0.1, 0.15) is 5.92 Å². The number of benzene rings is 1. The summed E-state index contributed by atoms with van der Waals surface area (Å²) in [5.74, 6) is -0.0850. The van der Waals surface area contributed by atoms with Crippen LogP contribution in [0.4, 0.5) is 0 Å². The normalized spacial score (nSPS) is 10.5. The number of amides is 1. The molecule has 15 heavy (non-hydrogen) atoms. The van der Waals surface area contributed by atoms with Crippen LogP contribution in [0.3, 0.4) is 0 Å². The first-order chi connectivity index (χ1) is 7.29. The van der Waals surface area contributed by atoms with E-state index in [0.717, 1.165) is 5.56 Å². The largest absolute Gasteiger partial charge is 0.368 e. The van der Waals surface area contributed by atoms with Gasteiger partial charge in [-0.2, -0.15) is 0 Å². The van der Waals surface area contributed by atoms with Crippen LogP contribution < -0.4 is 5.73 Å². The van der Waals surface area contributed by atoms with Crippen molar-refractivity contribution < 1.29 is 4.79 Å². The molecule has 1 heterocycles. The Bertz CT molecular complexity index is 441. The summed E-state index contributed by atoms with van der Waals surface area (Å²) in [4.78, 5) is 11.3. The van der Waals surface area contributed by atoms with Crippen LogP contribution in [0.25, 0.3) is 0 Å². The highest BCUT2D eigenvalue weighted by Crippen LogP contribution is 2.21. The van der Waals surface area contributed by atoms with E-state index in [4.69, 9.17) is 5.73 Å². The van der Waals surface area contributed by atoms with Gasteiger partial charge in [0.25, 0.3) is 0 Å². The molecule has 1 amide bonds. The van der Waals surface area contributed by atoms with Gasteiger partial charge in [-0.25, -0.2) is 0 Å². The molecule has 0 atom stereocenters. The standard InChI is InChI=1S/C10H8N3OS/c11-10(14)9(8-6-15-13-12-8)7-4-2-1-3-5-7/h1-6H,(H2,11,14). The molecule has 2 N–H and O–H groups in total. The van der Waals surface area contributed by atoms with E-state index in [1.807, 2.05) is 30.3 Å². The molecular formula is C10H8N3OS. The molecule has 0 aliphatic heterocycles. The maximum absolute atomic E-state index is 11.3. The number of nitrogens with zero attached hydrogens (tertiary/aromatic N) is 2. The number of hydrogen-bond acceptors (Lipinski definition) is 4. The highest BCUT2D eigenvalue weighted by atomic mass is 32.1. The van der Waals surface area contributed by atoms with Gasteiger partial charge in [0.15, 0.2) is 0 Å². The van der Waals surface area contributed by atoms with Gasteiger partial charge in [-0.3, -0.25) is 4.79 Å². The summed E-state index contributed by atoms with van der Waals surface area (Å²) in [6.07, 6.45) is 0. The van der Waals surface area contributed by atoms with Crippen LogP contribution in [0.5, 0.6) is 0 Å². The Balaban J connectivity index is 2.42. The summed E-state index contributed by atoms with van der Waals surface area (Å²) < 4.78 is 3.71. The smallest absolute Gasteiger partial charge is 0.236 e. The second-order valence-corrected chi connectivity index (χ2v) is 3.51. The van der Waals surface area contributed by atoms with E-state index in [1.54, 1.807) is 5.38 Å². The van der Waals surface area contributed by atoms with Gasteiger partial charge in [-0.05, 0) is 17.1 Å². The van der Waals surface area contributed by atoms with Crippen molar-refractivity contribution in [1.82, 2.24) is 9.59 Å². The van der Waals surface area contributed by atoms with Crippen molar-refractivity contribution >= 4 is 17.4 Å². The Morgan fingerprint density at radius 1 is 1.27 bits per heavy atom. The molecule has 1 aromatic heterocycles. The minimum Gasteiger partial charge on any atom is -0.368 e. The van der Waals surface area contributed by atoms with Gasteiger partial charge in [0.05, 0.1) is 5.69 Å². The van der Waals surface area contributed by atoms with E-state index >= 15 is 0 Å². The number of nitrogens with two attached hydrogens (primary N) is 1. The molecule has 5 heteroatoms. The highest BCUT2D eigenvalue weighted by Gasteiger charge is 2.23. The fourth-order valence-electron chi connectivity index (χ4n) is 1.29. The zero-order valence-corrected chi connectivity index (χ0v) is 8.57. The maximum Gasteiger partial charge on any atom is 0.236 e. The van der Waals surface area contributed by atoms with Crippen LogP contribution in [-0.2, 0) is 4.79 Å². The van der Waals surface area contributed by atoms with Crippen molar-refractivity contribution in [2.24, 2.45) is 5.73 Å². The molecule has 0 saturated heterocycles. The molecular weight excluding hydrogens is 210 g/mol. The lowest BCUT2D eigenvalue weighted by atomic mass is 9.96. The summed E-state index contributed by atoms with van der Waals surface area (Å²) in [6.45, 7) is 0. The van der Waals surface area contributed by atoms with Gasteiger partial charge >= 0.3 is 0 Å². The van der Waals surface area contributed by atoms with E-state index in [-0.39, 0.29) is 0 Å². The van der Waals surface area contributed by atoms with E-state index in [9.17, 15) is 4.79 Å². The highest BCUT2D eigenvalue weighted by molar-refractivity contribution is 7.03. The molecule has 0 bridgehead atoms.